The minimum absolute atomic E-state index is 1.10. The van der Waals surface area contributed by atoms with Crippen molar-refractivity contribution >= 4 is 0 Å². The Kier molecular flexibility index (Phi) is 3.29. The van der Waals surface area contributed by atoms with Crippen LogP contribution in [0.15, 0.2) is 0 Å². The van der Waals surface area contributed by atoms with Crippen LogP contribution in [0.4, 0.5) is 0 Å². The van der Waals surface area contributed by atoms with Crippen LogP contribution in [0.25, 0.3) is 0 Å². The zero-order valence-electron chi connectivity index (χ0n) is 9.10. The van der Waals surface area contributed by atoms with Gasteiger partial charge in [-0.2, -0.15) is 0 Å². The maximum absolute atomic E-state index is 2.39. The number of hydrogen-bond acceptors (Lipinski definition) is 0. The van der Waals surface area contributed by atoms with Crippen LogP contribution in [0.2, 0.25) is 0 Å². The van der Waals surface area contributed by atoms with Gasteiger partial charge in [-0.1, -0.05) is 45.4 Å². The molecule has 0 N–H and O–H groups in total. The molecule has 2 fully saturated rings. The Morgan fingerprint density at radius 2 is 1.69 bits per heavy atom. The zero-order chi connectivity index (χ0) is 9.10. The molecule has 2 saturated carbocycles. The lowest BCUT2D eigenvalue weighted by atomic mass is 9.80. The molecule has 0 bridgehead atoms. The highest BCUT2D eigenvalue weighted by Crippen LogP contribution is 2.43. The average Bonchev–Trinajstić information content (AvgIpc) is 2.99. The van der Waals surface area contributed by atoms with Crippen molar-refractivity contribution in [3.63, 3.8) is 0 Å². The highest BCUT2D eigenvalue weighted by atomic mass is 14.4. The van der Waals surface area contributed by atoms with Crippen molar-refractivity contribution < 1.29 is 0 Å². The second kappa shape index (κ2) is 4.48. The molecule has 1 atom stereocenters. The van der Waals surface area contributed by atoms with Crippen LogP contribution in [0.1, 0.15) is 64.7 Å². The van der Waals surface area contributed by atoms with E-state index in [0.717, 1.165) is 17.8 Å². The molecule has 0 radical (unpaired) electrons. The Morgan fingerprint density at radius 1 is 1.00 bits per heavy atom. The monoisotopic (exact) mass is 180 g/mol. The van der Waals surface area contributed by atoms with Crippen molar-refractivity contribution in [2.75, 3.05) is 0 Å². The molecule has 13 heavy (non-hydrogen) atoms. The quantitative estimate of drug-likeness (QED) is 0.602. The van der Waals surface area contributed by atoms with Crippen LogP contribution in [0, 0.1) is 17.8 Å². The second-order valence-electron chi connectivity index (χ2n) is 5.25. The lowest BCUT2D eigenvalue weighted by Gasteiger charge is -2.25. The summed E-state index contributed by atoms with van der Waals surface area (Å²) < 4.78 is 0. The minimum Gasteiger partial charge on any atom is -0.0651 e. The largest absolute Gasteiger partial charge is 0.0651 e. The zero-order valence-corrected chi connectivity index (χ0v) is 9.10. The first-order valence-electron chi connectivity index (χ1n) is 6.40. The fourth-order valence-electron chi connectivity index (χ4n) is 3.11. The van der Waals surface area contributed by atoms with Gasteiger partial charge in [0.1, 0.15) is 0 Å². The number of rotatable bonds is 4. The summed E-state index contributed by atoms with van der Waals surface area (Å²) in [6.07, 6.45) is 13.7. The molecular formula is C13H24. The van der Waals surface area contributed by atoms with E-state index in [1.807, 2.05) is 0 Å². The van der Waals surface area contributed by atoms with Crippen LogP contribution in [-0.2, 0) is 0 Å². The molecule has 0 aromatic heterocycles. The smallest absolute Gasteiger partial charge is 0.0386 e. The molecular weight excluding hydrogens is 156 g/mol. The van der Waals surface area contributed by atoms with E-state index in [2.05, 4.69) is 6.92 Å². The van der Waals surface area contributed by atoms with Crippen LogP contribution in [0.3, 0.4) is 0 Å². The van der Waals surface area contributed by atoms with E-state index in [9.17, 15) is 0 Å². The predicted molar refractivity (Wildman–Crippen MR) is 57.7 cm³/mol. The van der Waals surface area contributed by atoms with Gasteiger partial charge in [0.25, 0.3) is 0 Å². The van der Waals surface area contributed by atoms with E-state index in [4.69, 9.17) is 0 Å². The van der Waals surface area contributed by atoms with Crippen LogP contribution in [0.5, 0.6) is 0 Å². The van der Waals surface area contributed by atoms with Gasteiger partial charge in [0.15, 0.2) is 0 Å². The maximum atomic E-state index is 2.39. The van der Waals surface area contributed by atoms with Gasteiger partial charge in [-0.25, -0.2) is 0 Å². The van der Waals surface area contributed by atoms with Crippen molar-refractivity contribution in [1.82, 2.24) is 0 Å². The van der Waals surface area contributed by atoms with Gasteiger partial charge >= 0.3 is 0 Å². The van der Waals surface area contributed by atoms with Crippen LogP contribution < -0.4 is 0 Å². The SMILES string of the molecule is CCC(CC1CCCCC1)C1CC1. The summed E-state index contributed by atoms with van der Waals surface area (Å²) in [7, 11) is 0. The molecule has 76 valence electrons. The lowest BCUT2D eigenvalue weighted by molar-refractivity contribution is 0.266. The molecule has 2 aliphatic carbocycles. The Bertz CT molecular complexity index is 140. The highest BCUT2D eigenvalue weighted by Gasteiger charge is 2.31. The molecule has 0 heterocycles. The van der Waals surface area contributed by atoms with E-state index >= 15 is 0 Å². The van der Waals surface area contributed by atoms with Gasteiger partial charge in [-0.3, -0.25) is 0 Å². The maximum Gasteiger partial charge on any atom is -0.0386 e. The summed E-state index contributed by atoms with van der Waals surface area (Å²) in [6, 6.07) is 0. The standard InChI is InChI=1S/C13H24/c1-2-12(13-8-9-13)10-11-6-4-3-5-7-11/h11-13H,2-10H2,1H3. The molecule has 2 rings (SSSR count). The van der Waals surface area contributed by atoms with E-state index in [0.29, 0.717) is 0 Å². The Labute approximate surface area is 83.1 Å². The highest BCUT2D eigenvalue weighted by molar-refractivity contribution is 4.82. The molecule has 0 aliphatic heterocycles. The molecule has 0 spiro atoms. The van der Waals surface area contributed by atoms with E-state index in [1.165, 1.54) is 25.7 Å². The molecule has 0 nitrogen and oxygen atoms in total. The third-order valence-corrected chi connectivity index (χ3v) is 4.17. The van der Waals surface area contributed by atoms with Gasteiger partial charge in [-0.15, -0.1) is 0 Å². The number of hydrogen-bond donors (Lipinski definition) is 0. The first kappa shape index (κ1) is 9.55. The summed E-state index contributed by atoms with van der Waals surface area (Å²) in [5.41, 5.74) is 0. The van der Waals surface area contributed by atoms with Gasteiger partial charge in [-0.05, 0) is 37.0 Å². The summed E-state index contributed by atoms with van der Waals surface area (Å²) in [5, 5.41) is 0. The Balaban J connectivity index is 1.73. The topological polar surface area (TPSA) is 0 Å². The van der Waals surface area contributed by atoms with Crippen molar-refractivity contribution in [2.24, 2.45) is 17.8 Å². The Hall–Kier alpha value is 0. The molecule has 0 amide bonds. The first-order chi connectivity index (χ1) is 6.40. The fraction of sp³-hybridized carbons (Fsp3) is 1.00. The van der Waals surface area contributed by atoms with Gasteiger partial charge in [0.2, 0.25) is 0 Å². The molecule has 0 heteroatoms. The molecule has 0 aromatic rings. The second-order valence-corrected chi connectivity index (χ2v) is 5.25. The molecule has 2 aliphatic rings. The van der Waals surface area contributed by atoms with E-state index in [-0.39, 0.29) is 0 Å². The van der Waals surface area contributed by atoms with Crippen molar-refractivity contribution in [3.05, 3.63) is 0 Å². The van der Waals surface area contributed by atoms with Gasteiger partial charge in [0, 0.05) is 0 Å². The summed E-state index contributed by atoms with van der Waals surface area (Å²) in [6.45, 7) is 2.39. The fourth-order valence-corrected chi connectivity index (χ4v) is 3.11. The average molecular weight is 180 g/mol. The first-order valence-corrected chi connectivity index (χ1v) is 6.40. The molecule has 0 saturated heterocycles. The van der Waals surface area contributed by atoms with Gasteiger partial charge in [0.05, 0.1) is 0 Å². The van der Waals surface area contributed by atoms with Crippen molar-refractivity contribution in [3.8, 4) is 0 Å². The van der Waals surface area contributed by atoms with Crippen molar-refractivity contribution in [2.45, 2.75) is 64.7 Å². The van der Waals surface area contributed by atoms with Crippen molar-refractivity contribution in [1.29, 1.82) is 0 Å². The normalized spacial score (nSPS) is 27.5. The predicted octanol–water partition coefficient (Wildman–Crippen LogP) is 4.39. The molecule has 0 aromatic carbocycles. The minimum atomic E-state index is 1.10. The van der Waals surface area contributed by atoms with E-state index in [1.54, 1.807) is 32.1 Å². The van der Waals surface area contributed by atoms with Crippen LogP contribution >= 0.6 is 0 Å². The summed E-state index contributed by atoms with van der Waals surface area (Å²) in [4.78, 5) is 0. The van der Waals surface area contributed by atoms with Gasteiger partial charge < -0.3 is 0 Å². The third kappa shape index (κ3) is 2.72. The Morgan fingerprint density at radius 3 is 2.23 bits per heavy atom. The van der Waals surface area contributed by atoms with Crippen LogP contribution in [-0.4, -0.2) is 0 Å². The lowest BCUT2D eigenvalue weighted by Crippen LogP contribution is -2.13. The molecule has 1 unspecified atom stereocenters. The summed E-state index contributed by atoms with van der Waals surface area (Å²) in [5.74, 6) is 3.36. The summed E-state index contributed by atoms with van der Waals surface area (Å²) >= 11 is 0. The third-order valence-electron chi connectivity index (χ3n) is 4.17. The van der Waals surface area contributed by atoms with E-state index < -0.39 is 0 Å².